The van der Waals surface area contributed by atoms with Gasteiger partial charge in [0.2, 0.25) is 11.8 Å². The Bertz CT molecular complexity index is 487. The van der Waals surface area contributed by atoms with E-state index in [9.17, 15) is 9.59 Å². The number of likely N-dealkylation sites (tertiary alicyclic amines) is 1. The van der Waals surface area contributed by atoms with Crippen LogP contribution >= 0.6 is 11.8 Å². The van der Waals surface area contributed by atoms with Gasteiger partial charge in [0.25, 0.3) is 0 Å². The largest absolute Gasteiger partial charge is 0.324 e. The minimum Gasteiger partial charge on any atom is -0.324 e. The zero-order valence-electron chi connectivity index (χ0n) is 10.3. The zero-order valence-corrected chi connectivity index (χ0v) is 11.1. The molecule has 0 radical (unpaired) electrons. The van der Waals surface area contributed by atoms with Gasteiger partial charge < -0.3 is 10.3 Å². The fourth-order valence-electron chi connectivity index (χ4n) is 1.82. The highest BCUT2D eigenvalue weighted by atomic mass is 32.2. The molecule has 0 saturated carbocycles. The summed E-state index contributed by atoms with van der Waals surface area (Å²) in [4.78, 5) is 24.4. The summed E-state index contributed by atoms with van der Waals surface area (Å²) in [7, 11) is 1.50. The van der Waals surface area contributed by atoms with Gasteiger partial charge in [-0.2, -0.15) is 0 Å². The van der Waals surface area contributed by atoms with E-state index in [1.165, 1.54) is 18.8 Å². The van der Waals surface area contributed by atoms with Crippen LogP contribution in [0.4, 0.5) is 0 Å². The predicted octanol–water partition coefficient (Wildman–Crippen LogP) is -0.394. The van der Waals surface area contributed by atoms with Gasteiger partial charge in [0.1, 0.15) is 11.1 Å². The Morgan fingerprint density at radius 1 is 1.44 bits per heavy atom. The van der Waals surface area contributed by atoms with Crippen LogP contribution in [0.1, 0.15) is 19.2 Å². The van der Waals surface area contributed by atoms with Crippen LogP contribution in [-0.2, 0) is 22.7 Å². The van der Waals surface area contributed by atoms with E-state index in [1.807, 2.05) is 11.5 Å². The first-order chi connectivity index (χ1) is 8.58. The smallest absolute Gasteiger partial charge is 0.243 e. The van der Waals surface area contributed by atoms with Gasteiger partial charge in [0.05, 0.1) is 6.54 Å². The molecule has 1 unspecified atom stereocenters. The van der Waals surface area contributed by atoms with Gasteiger partial charge in [-0.3, -0.25) is 14.5 Å². The normalized spacial score (nSPS) is 19.9. The molecule has 1 atom stereocenters. The van der Waals surface area contributed by atoms with Gasteiger partial charge in [0.15, 0.2) is 5.16 Å². The minimum absolute atomic E-state index is 0.154. The van der Waals surface area contributed by atoms with E-state index in [0.29, 0.717) is 24.1 Å². The predicted molar refractivity (Wildman–Crippen MR) is 65.6 cm³/mol. The number of amides is 2. The van der Waals surface area contributed by atoms with E-state index in [4.69, 9.17) is 5.73 Å². The third-order valence-electron chi connectivity index (χ3n) is 2.88. The monoisotopic (exact) mass is 269 g/mol. The van der Waals surface area contributed by atoms with Crippen molar-refractivity contribution < 1.29 is 9.59 Å². The molecule has 1 fully saturated rings. The first kappa shape index (κ1) is 13.0. The van der Waals surface area contributed by atoms with E-state index in [0.717, 1.165) is 4.90 Å². The number of nitrogens with zero attached hydrogens (tertiary/aromatic N) is 4. The molecule has 98 valence electrons. The first-order valence-corrected chi connectivity index (χ1v) is 6.55. The molecule has 7 nitrogen and oxygen atoms in total. The molecule has 0 aliphatic carbocycles. The van der Waals surface area contributed by atoms with E-state index in [-0.39, 0.29) is 18.2 Å². The molecule has 2 heterocycles. The summed E-state index contributed by atoms with van der Waals surface area (Å²) in [6, 6.07) is 0. The van der Waals surface area contributed by atoms with Gasteiger partial charge >= 0.3 is 0 Å². The Balaban J connectivity index is 2.18. The van der Waals surface area contributed by atoms with Gasteiger partial charge in [-0.25, -0.2) is 0 Å². The van der Waals surface area contributed by atoms with E-state index >= 15 is 0 Å². The number of carbonyl (C=O) groups is 2. The molecule has 0 spiro atoms. The fourth-order valence-corrected chi connectivity index (χ4v) is 3.00. The quantitative estimate of drug-likeness (QED) is 0.748. The molecular formula is C10H15N5O2S. The molecule has 18 heavy (non-hydrogen) atoms. The van der Waals surface area contributed by atoms with Crippen LogP contribution in [0.2, 0.25) is 0 Å². The Morgan fingerprint density at radius 3 is 2.67 bits per heavy atom. The lowest BCUT2D eigenvalue weighted by Gasteiger charge is -2.09. The van der Waals surface area contributed by atoms with E-state index < -0.39 is 5.25 Å². The highest BCUT2D eigenvalue weighted by molar-refractivity contribution is 8.00. The van der Waals surface area contributed by atoms with Crippen LogP contribution in [0.15, 0.2) is 5.16 Å². The number of hydrogen-bond donors (Lipinski definition) is 1. The van der Waals surface area contributed by atoms with Gasteiger partial charge in [-0.1, -0.05) is 11.8 Å². The third kappa shape index (κ3) is 2.13. The Morgan fingerprint density at radius 2 is 2.17 bits per heavy atom. The average Bonchev–Trinajstić information content (AvgIpc) is 2.87. The maximum atomic E-state index is 11.8. The Hall–Kier alpha value is -1.41. The van der Waals surface area contributed by atoms with E-state index in [2.05, 4.69) is 10.2 Å². The fraction of sp³-hybridized carbons (Fsp3) is 0.600. The van der Waals surface area contributed by atoms with Crippen molar-refractivity contribution in [2.45, 2.75) is 36.8 Å². The third-order valence-corrected chi connectivity index (χ3v) is 4.05. The number of imide groups is 1. The van der Waals surface area contributed by atoms with Crippen LogP contribution in [0.25, 0.3) is 0 Å². The molecule has 2 rings (SSSR count). The molecule has 2 N–H and O–H groups in total. The highest BCUT2D eigenvalue weighted by Crippen LogP contribution is 2.29. The minimum atomic E-state index is -0.400. The van der Waals surface area contributed by atoms with Gasteiger partial charge in [0, 0.05) is 20.0 Å². The Kier molecular flexibility index (Phi) is 3.67. The van der Waals surface area contributed by atoms with Crippen molar-refractivity contribution in [3.05, 3.63) is 5.82 Å². The van der Waals surface area contributed by atoms with Crippen molar-refractivity contribution in [1.29, 1.82) is 0 Å². The lowest BCUT2D eigenvalue weighted by Crippen LogP contribution is -2.26. The van der Waals surface area contributed by atoms with Gasteiger partial charge in [-0.15, -0.1) is 10.2 Å². The number of rotatable bonds is 4. The first-order valence-electron chi connectivity index (χ1n) is 5.67. The standard InChI is InChI=1S/C10H15N5O2S/c1-3-15-7(5-11)12-13-10(15)18-6-4-8(16)14(2)9(6)17/h6H,3-5,11H2,1-2H3. The van der Waals surface area contributed by atoms with Crippen LogP contribution in [0.3, 0.4) is 0 Å². The molecular weight excluding hydrogens is 254 g/mol. The summed E-state index contributed by atoms with van der Waals surface area (Å²) in [6.45, 7) is 2.95. The van der Waals surface area contributed by atoms with Crippen molar-refractivity contribution in [2.24, 2.45) is 5.73 Å². The van der Waals surface area contributed by atoms with Crippen molar-refractivity contribution in [3.63, 3.8) is 0 Å². The topological polar surface area (TPSA) is 94.1 Å². The molecule has 1 saturated heterocycles. The van der Waals surface area contributed by atoms with Crippen LogP contribution in [0, 0.1) is 0 Å². The summed E-state index contributed by atoms with van der Waals surface area (Å²) >= 11 is 1.28. The second-order valence-electron chi connectivity index (χ2n) is 3.95. The van der Waals surface area contributed by atoms with Gasteiger partial charge in [-0.05, 0) is 6.92 Å². The number of carbonyl (C=O) groups excluding carboxylic acids is 2. The van der Waals surface area contributed by atoms with Crippen molar-refractivity contribution >= 4 is 23.6 Å². The van der Waals surface area contributed by atoms with Crippen molar-refractivity contribution in [1.82, 2.24) is 19.7 Å². The maximum absolute atomic E-state index is 11.8. The van der Waals surface area contributed by atoms with Crippen molar-refractivity contribution in [3.8, 4) is 0 Å². The highest BCUT2D eigenvalue weighted by Gasteiger charge is 2.37. The average molecular weight is 269 g/mol. The molecule has 2 amide bonds. The summed E-state index contributed by atoms with van der Waals surface area (Å²) < 4.78 is 1.86. The summed E-state index contributed by atoms with van der Waals surface area (Å²) in [6.07, 6.45) is 0.217. The zero-order chi connectivity index (χ0) is 13.3. The molecule has 1 aliphatic rings. The second-order valence-corrected chi connectivity index (χ2v) is 5.12. The van der Waals surface area contributed by atoms with Crippen molar-refractivity contribution in [2.75, 3.05) is 7.05 Å². The Labute approximate surface area is 109 Å². The number of hydrogen-bond acceptors (Lipinski definition) is 6. The van der Waals surface area contributed by atoms with Crippen LogP contribution in [-0.4, -0.2) is 43.8 Å². The van der Waals surface area contributed by atoms with E-state index in [1.54, 1.807) is 0 Å². The maximum Gasteiger partial charge on any atom is 0.243 e. The number of nitrogens with two attached hydrogens (primary N) is 1. The molecule has 1 aromatic rings. The molecule has 1 aromatic heterocycles. The SMILES string of the molecule is CCn1c(CN)nnc1SC1CC(=O)N(C)C1=O. The summed E-state index contributed by atoms with van der Waals surface area (Å²) in [5.41, 5.74) is 5.56. The molecule has 0 aromatic carbocycles. The second kappa shape index (κ2) is 5.07. The summed E-state index contributed by atoms with van der Waals surface area (Å²) in [5, 5.41) is 8.23. The molecule has 0 bridgehead atoms. The number of aromatic nitrogens is 3. The lowest BCUT2D eigenvalue weighted by molar-refractivity contribution is -0.136. The van der Waals surface area contributed by atoms with Crippen LogP contribution in [0.5, 0.6) is 0 Å². The molecule has 1 aliphatic heterocycles. The lowest BCUT2D eigenvalue weighted by atomic mass is 10.4. The molecule has 8 heteroatoms. The summed E-state index contributed by atoms with van der Waals surface area (Å²) in [5.74, 6) is 0.356. The number of thioether (sulfide) groups is 1. The van der Waals surface area contributed by atoms with Crippen LogP contribution < -0.4 is 5.73 Å².